The fourth-order valence-corrected chi connectivity index (χ4v) is 4.74. The Morgan fingerprint density at radius 3 is 2.80 bits per heavy atom. The second-order valence-corrected chi connectivity index (χ2v) is 8.75. The summed E-state index contributed by atoms with van der Waals surface area (Å²) in [6, 6.07) is 15.5. The van der Waals surface area contributed by atoms with Gasteiger partial charge in [0.05, 0.1) is 18.2 Å². The fourth-order valence-electron chi connectivity index (χ4n) is 4.74. The Balaban J connectivity index is 1.63. The van der Waals surface area contributed by atoms with Crippen LogP contribution in [0.15, 0.2) is 72.6 Å². The highest BCUT2D eigenvalue weighted by Gasteiger charge is 2.46. The summed E-state index contributed by atoms with van der Waals surface area (Å²) in [5.74, 6) is -0.192. The van der Waals surface area contributed by atoms with E-state index >= 15 is 0 Å². The number of rotatable bonds is 6. The molecule has 0 saturated carbocycles. The van der Waals surface area contributed by atoms with Crippen molar-refractivity contribution in [1.82, 2.24) is 9.88 Å². The van der Waals surface area contributed by atoms with Gasteiger partial charge in [-0.25, -0.2) is 0 Å². The van der Waals surface area contributed by atoms with Crippen molar-refractivity contribution in [3.63, 3.8) is 0 Å². The second kappa shape index (κ2) is 9.25. The van der Waals surface area contributed by atoms with Gasteiger partial charge in [0.1, 0.15) is 23.4 Å². The lowest BCUT2D eigenvalue weighted by atomic mass is 9.94. The van der Waals surface area contributed by atoms with Crippen LogP contribution in [0.3, 0.4) is 0 Å². The third-order valence-electron chi connectivity index (χ3n) is 6.27. The van der Waals surface area contributed by atoms with E-state index < -0.39 is 17.7 Å². The van der Waals surface area contributed by atoms with E-state index in [0.717, 1.165) is 16.9 Å². The number of ketones is 1. The van der Waals surface area contributed by atoms with E-state index in [9.17, 15) is 14.7 Å². The minimum atomic E-state index is -0.779. The SMILES string of the molecule is CCOc1cccc([C@@H]2C(=C(O)c3ccc4c(c3)C[C@H](C)O4)C(=O)C(=O)N2Cc2cccnc2)c1. The molecule has 1 fully saturated rings. The van der Waals surface area contributed by atoms with E-state index in [4.69, 9.17) is 9.47 Å². The van der Waals surface area contributed by atoms with E-state index in [2.05, 4.69) is 4.98 Å². The zero-order chi connectivity index (χ0) is 24.5. The topological polar surface area (TPSA) is 89.0 Å². The third-order valence-corrected chi connectivity index (χ3v) is 6.27. The molecule has 0 bridgehead atoms. The number of aromatic nitrogens is 1. The number of hydrogen-bond donors (Lipinski definition) is 1. The van der Waals surface area contributed by atoms with Crippen LogP contribution in [0.25, 0.3) is 5.76 Å². The lowest BCUT2D eigenvalue weighted by Gasteiger charge is -2.25. The minimum Gasteiger partial charge on any atom is -0.507 e. The van der Waals surface area contributed by atoms with Crippen LogP contribution in [0, 0.1) is 0 Å². The average molecular weight is 471 g/mol. The highest BCUT2D eigenvalue weighted by molar-refractivity contribution is 6.46. The number of aliphatic hydroxyl groups is 1. The number of hydrogen-bond acceptors (Lipinski definition) is 6. The average Bonchev–Trinajstić information content (AvgIpc) is 3.35. The quantitative estimate of drug-likeness (QED) is 0.326. The minimum absolute atomic E-state index is 0.0498. The van der Waals surface area contributed by atoms with E-state index in [0.29, 0.717) is 29.9 Å². The zero-order valence-corrected chi connectivity index (χ0v) is 19.6. The lowest BCUT2D eigenvalue weighted by Crippen LogP contribution is -2.29. The molecule has 2 aliphatic heterocycles. The Morgan fingerprint density at radius 1 is 1.17 bits per heavy atom. The molecule has 2 atom stereocenters. The highest BCUT2D eigenvalue weighted by atomic mass is 16.5. The number of carbonyl (C=O) groups is 2. The molecule has 3 heterocycles. The number of pyridine rings is 1. The molecule has 1 N–H and O–H groups in total. The Hall–Kier alpha value is -4.13. The van der Waals surface area contributed by atoms with Gasteiger partial charge in [0, 0.05) is 30.9 Å². The first-order chi connectivity index (χ1) is 17.0. The molecule has 2 aromatic carbocycles. The molecule has 0 spiro atoms. The van der Waals surface area contributed by atoms with E-state index in [1.165, 1.54) is 4.90 Å². The first-order valence-electron chi connectivity index (χ1n) is 11.7. The third kappa shape index (κ3) is 4.25. The summed E-state index contributed by atoms with van der Waals surface area (Å²) in [4.78, 5) is 32.2. The summed E-state index contributed by atoms with van der Waals surface area (Å²) in [6.07, 6.45) is 4.08. The zero-order valence-electron chi connectivity index (χ0n) is 19.6. The van der Waals surface area contributed by atoms with Gasteiger partial charge in [-0.3, -0.25) is 14.6 Å². The molecule has 0 unspecified atom stereocenters. The van der Waals surface area contributed by atoms with Gasteiger partial charge in [-0.1, -0.05) is 18.2 Å². The van der Waals surface area contributed by atoms with Crippen LogP contribution in [0.1, 0.15) is 42.1 Å². The van der Waals surface area contributed by atoms with E-state index in [1.54, 1.807) is 30.6 Å². The van der Waals surface area contributed by atoms with E-state index in [-0.39, 0.29) is 24.0 Å². The normalized spacial score (nSPS) is 20.6. The first kappa shape index (κ1) is 22.7. The van der Waals surface area contributed by atoms with Crippen molar-refractivity contribution in [2.45, 2.75) is 39.0 Å². The van der Waals surface area contributed by atoms with Crippen LogP contribution >= 0.6 is 0 Å². The monoisotopic (exact) mass is 470 g/mol. The van der Waals surface area contributed by atoms with Crippen LogP contribution in [-0.4, -0.2) is 39.4 Å². The van der Waals surface area contributed by atoms with Gasteiger partial charge in [-0.05, 0) is 66.9 Å². The number of benzene rings is 2. The Labute approximate surface area is 203 Å². The van der Waals surface area contributed by atoms with Crippen molar-refractivity contribution < 1.29 is 24.2 Å². The first-order valence-corrected chi connectivity index (χ1v) is 11.7. The van der Waals surface area contributed by atoms with Crippen molar-refractivity contribution in [2.75, 3.05) is 6.61 Å². The van der Waals surface area contributed by atoms with E-state index in [1.807, 2.05) is 50.2 Å². The standard InChI is InChI=1S/C28H26N2O5/c1-3-34-22-8-4-7-19(14-22)25-24(26(31)20-9-10-23-21(13-20)12-17(2)35-23)27(32)28(33)30(25)16-18-6-5-11-29-15-18/h4-11,13-15,17,25,31H,3,12,16H2,1-2H3/t17-,25+/m0/s1. The summed E-state index contributed by atoms with van der Waals surface area (Å²) in [7, 11) is 0. The van der Waals surface area contributed by atoms with Gasteiger partial charge >= 0.3 is 0 Å². The van der Waals surface area contributed by atoms with Gasteiger partial charge in [-0.2, -0.15) is 0 Å². The number of nitrogens with zero attached hydrogens (tertiary/aromatic N) is 2. The predicted octanol–water partition coefficient (Wildman–Crippen LogP) is 4.43. The number of fused-ring (bicyclic) bond motifs is 1. The maximum Gasteiger partial charge on any atom is 0.295 e. The highest BCUT2D eigenvalue weighted by Crippen LogP contribution is 2.42. The Morgan fingerprint density at radius 2 is 2.03 bits per heavy atom. The van der Waals surface area contributed by atoms with Crippen LogP contribution in [0.4, 0.5) is 0 Å². The molecule has 3 aromatic rings. The van der Waals surface area contributed by atoms with Crippen molar-refractivity contribution in [1.29, 1.82) is 0 Å². The molecular formula is C28H26N2O5. The molecule has 1 saturated heterocycles. The summed E-state index contributed by atoms with van der Waals surface area (Å²) in [5.41, 5.74) is 2.95. The molecule has 0 aliphatic carbocycles. The molecular weight excluding hydrogens is 444 g/mol. The van der Waals surface area contributed by atoms with Crippen molar-refractivity contribution in [3.05, 3.63) is 94.8 Å². The number of ether oxygens (including phenoxy) is 2. The number of Topliss-reactive ketones (excluding diaryl/α,β-unsaturated/α-hetero) is 1. The van der Waals surface area contributed by atoms with Crippen molar-refractivity contribution in [3.8, 4) is 11.5 Å². The second-order valence-electron chi connectivity index (χ2n) is 8.75. The molecule has 5 rings (SSSR count). The van der Waals surface area contributed by atoms with Crippen LogP contribution in [0.5, 0.6) is 11.5 Å². The number of carbonyl (C=O) groups excluding carboxylic acids is 2. The van der Waals surface area contributed by atoms with Crippen molar-refractivity contribution >= 4 is 17.4 Å². The fraction of sp³-hybridized carbons (Fsp3) is 0.250. The van der Waals surface area contributed by atoms with Crippen LogP contribution < -0.4 is 9.47 Å². The van der Waals surface area contributed by atoms with Gasteiger partial charge < -0.3 is 19.5 Å². The summed E-state index contributed by atoms with van der Waals surface area (Å²) < 4.78 is 11.4. The molecule has 7 heteroatoms. The number of amides is 1. The largest absolute Gasteiger partial charge is 0.507 e. The van der Waals surface area contributed by atoms with Gasteiger partial charge in [0.15, 0.2) is 0 Å². The number of aliphatic hydroxyl groups excluding tert-OH is 1. The van der Waals surface area contributed by atoms with Crippen molar-refractivity contribution in [2.24, 2.45) is 0 Å². The molecule has 178 valence electrons. The summed E-state index contributed by atoms with van der Waals surface area (Å²) >= 11 is 0. The van der Waals surface area contributed by atoms with Gasteiger partial charge in [0.2, 0.25) is 0 Å². The van der Waals surface area contributed by atoms with Gasteiger partial charge in [0.25, 0.3) is 11.7 Å². The maximum atomic E-state index is 13.3. The summed E-state index contributed by atoms with van der Waals surface area (Å²) in [5, 5.41) is 11.4. The lowest BCUT2D eigenvalue weighted by molar-refractivity contribution is -0.140. The van der Waals surface area contributed by atoms with Crippen LogP contribution in [-0.2, 0) is 22.6 Å². The van der Waals surface area contributed by atoms with Crippen LogP contribution in [0.2, 0.25) is 0 Å². The predicted molar refractivity (Wildman–Crippen MR) is 130 cm³/mol. The Bertz CT molecular complexity index is 1320. The molecule has 1 aromatic heterocycles. The smallest absolute Gasteiger partial charge is 0.295 e. The Kier molecular flexibility index (Phi) is 5.99. The summed E-state index contributed by atoms with van der Waals surface area (Å²) in [6.45, 7) is 4.53. The number of likely N-dealkylation sites (tertiary alicyclic amines) is 1. The maximum absolute atomic E-state index is 13.3. The molecule has 2 aliphatic rings. The molecule has 1 amide bonds. The molecule has 7 nitrogen and oxygen atoms in total. The molecule has 0 radical (unpaired) electrons. The van der Waals surface area contributed by atoms with Gasteiger partial charge in [-0.15, -0.1) is 0 Å². The molecule has 35 heavy (non-hydrogen) atoms.